The first kappa shape index (κ1) is 12.7. The Bertz CT molecular complexity index is 952. The highest BCUT2D eigenvalue weighted by Crippen LogP contribution is 2.29. The van der Waals surface area contributed by atoms with Crippen LogP contribution in [0.3, 0.4) is 0 Å². The minimum atomic E-state index is 0.810. The van der Waals surface area contributed by atoms with Crippen LogP contribution in [0.25, 0.3) is 28.0 Å². The second-order valence-electron chi connectivity index (χ2n) is 5.19. The molecule has 22 heavy (non-hydrogen) atoms. The van der Waals surface area contributed by atoms with Gasteiger partial charge in [-0.2, -0.15) is 0 Å². The fourth-order valence-electron chi connectivity index (χ4n) is 2.69. The molecule has 6 nitrogen and oxygen atoms in total. The van der Waals surface area contributed by atoms with Gasteiger partial charge in [0, 0.05) is 36.1 Å². The highest BCUT2D eigenvalue weighted by molar-refractivity contribution is 5.93. The number of aromatic nitrogens is 6. The van der Waals surface area contributed by atoms with Crippen LogP contribution in [-0.4, -0.2) is 29.3 Å². The third-order valence-corrected chi connectivity index (χ3v) is 3.81. The molecule has 0 aliphatic heterocycles. The molecular weight excluding hydrogens is 276 g/mol. The molecule has 6 heteroatoms. The van der Waals surface area contributed by atoms with Gasteiger partial charge >= 0.3 is 0 Å². The maximum atomic E-state index is 4.66. The predicted octanol–water partition coefficient (Wildman–Crippen LogP) is 2.52. The summed E-state index contributed by atoms with van der Waals surface area (Å²) in [5.74, 6) is 0.810. The second-order valence-corrected chi connectivity index (χ2v) is 5.19. The Morgan fingerprint density at radius 2 is 1.77 bits per heavy atom. The Labute approximate surface area is 127 Å². The minimum absolute atomic E-state index is 0.810. The molecule has 108 valence electrons. The molecule has 4 aromatic rings. The van der Waals surface area contributed by atoms with Crippen molar-refractivity contribution in [3.8, 4) is 16.9 Å². The van der Waals surface area contributed by atoms with Crippen molar-refractivity contribution in [1.82, 2.24) is 29.3 Å². The highest BCUT2D eigenvalue weighted by atomic mass is 15.2. The van der Waals surface area contributed by atoms with Crippen LogP contribution in [0.5, 0.6) is 0 Å². The van der Waals surface area contributed by atoms with Crippen LogP contribution in [0.15, 0.2) is 49.3 Å². The largest absolute Gasteiger partial charge is 0.336 e. The summed E-state index contributed by atoms with van der Waals surface area (Å²) in [4.78, 5) is 9.10. The van der Waals surface area contributed by atoms with Crippen molar-refractivity contribution in [3.05, 3.63) is 55.0 Å². The fourth-order valence-corrected chi connectivity index (χ4v) is 2.69. The van der Waals surface area contributed by atoms with Crippen molar-refractivity contribution in [2.45, 2.75) is 6.92 Å². The van der Waals surface area contributed by atoms with Gasteiger partial charge in [-0.05, 0) is 36.8 Å². The molecule has 0 atom stereocenters. The molecule has 4 heterocycles. The smallest absolute Gasteiger partial charge is 0.140 e. The first-order chi connectivity index (χ1) is 10.7. The van der Waals surface area contributed by atoms with E-state index in [4.69, 9.17) is 0 Å². The van der Waals surface area contributed by atoms with E-state index in [2.05, 4.69) is 32.3 Å². The quantitative estimate of drug-likeness (QED) is 0.569. The molecular formula is C16H14N6. The van der Waals surface area contributed by atoms with E-state index in [9.17, 15) is 0 Å². The Hall–Kier alpha value is -3.02. The molecule has 0 aliphatic rings. The Kier molecular flexibility index (Phi) is 2.75. The molecule has 4 aromatic heterocycles. The number of fused-ring (bicyclic) bond motifs is 1. The topological polar surface area (TPSA) is 61.4 Å². The monoisotopic (exact) mass is 290 g/mol. The lowest BCUT2D eigenvalue weighted by Crippen LogP contribution is -1.98. The summed E-state index contributed by atoms with van der Waals surface area (Å²) in [6, 6.07) is 8.18. The van der Waals surface area contributed by atoms with Crippen molar-refractivity contribution in [3.63, 3.8) is 0 Å². The maximum absolute atomic E-state index is 4.66. The zero-order valence-corrected chi connectivity index (χ0v) is 12.3. The molecule has 0 aromatic carbocycles. The number of hydrogen-bond acceptors (Lipinski definition) is 4. The number of hydrogen-bond donors (Lipinski definition) is 0. The minimum Gasteiger partial charge on any atom is -0.336 e. The van der Waals surface area contributed by atoms with Crippen molar-refractivity contribution >= 4 is 11.0 Å². The van der Waals surface area contributed by atoms with E-state index in [1.807, 2.05) is 43.1 Å². The summed E-state index contributed by atoms with van der Waals surface area (Å²) in [5.41, 5.74) is 4.18. The third kappa shape index (κ3) is 1.88. The SMILES string of the molecule is Cc1nc(-n2cnnc2)ccc1-c1ccnc2c1ccn2C. The lowest BCUT2D eigenvalue weighted by Gasteiger charge is -2.09. The van der Waals surface area contributed by atoms with Gasteiger partial charge in [-0.1, -0.05) is 0 Å². The summed E-state index contributed by atoms with van der Waals surface area (Å²) in [6.45, 7) is 2.01. The van der Waals surface area contributed by atoms with Gasteiger partial charge in [0.25, 0.3) is 0 Å². The van der Waals surface area contributed by atoms with E-state index in [0.717, 1.165) is 33.7 Å². The third-order valence-electron chi connectivity index (χ3n) is 3.81. The number of pyridine rings is 2. The predicted molar refractivity (Wildman–Crippen MR) is 83.6 cm³/mol. The molecule has 0 saturated heterocycles. The lowest BCUT2D eigenvalue weighted by molar-refractivity contribution is 0.948. The summed E-state index contributed by atoms with van der Waals surface area (Å²) < 4.78 is 3.81. The molecule has 0 radical (unpaired) electrons. The Morgan fingerprint density at radius 1 is 0.955 bits per heavy atom. The highest BCUT2D eigenvalue weighted by Gasteiger charge is 2.11. The Balaban J connectivity index is 1.88. The summed E-state index contributed by atoms with van der Waals surface area (Å²) >= 11 is 0. The number of nitrogens with zero attached hydrogens (tertiary/aromatic N) is 6. The molecule has 0 unspecified atom stereocenters. The molecule has 0 aliphatic carbocycles. The van der Waals surface area contributed by atoms with Crippen LogP contribution in [0.2, 0.25) is 0 Å². The van der Waals surface area contributed by atoms with Gasteiger partial charge in [-0.3, -0.25) is 4.57 Å². The molecule has 0 fully saturated rings. The molecule has 0 N–H and O–H groups in total. The van der Waals surface area contributed by atoms with Crippen LogP contribution in [0.1, 0.15) is 5.69 Å². The summed E-state index contributed by atoms with van der Waals surface area (Å²) in [5, 5.41) is 8.76. The first-order valence-electron chi connectivity index (χ1n) is 6.97. The van der Waals surface area contributed by atoms with E-state index in [-0.39, 0.29) is 0 Å². The van der Waals surface area contributed by atoms with Gasteiger partial charge in [-0.15, -0.1) is 10.2 Å². The van der Waals surface area contributed by atoms with E-state index in [1.165, 1.54) is 0 Å². The molecule has 0 saturated carbocycles. The van der Waals surface area contributed by atoms with Gasteiger partial charge in [-0.25, -0.2) is 9.97 Å². The fraction of sp³-hybridized carbons (Fsp3) is 0.125. The van der Waals surface area contributed by atoms with Crippen LogP contribution >= 0.6 is 0 Å². The molecule has 0 amide bonds. The average molecular weight is 290 g/mol. The van der Waals surface area contributed by atoms with Gasteiger partial charge in [0.1, 0.15) is 24.1 Å². The van der Waals surface area contributed by atoms with Crippen molar-refractivity contribution in [2.24, 2.45) is 7.05 Å². The van der Waals surface area contributed by atoms with E-state index < -0.39 is 0 Å². The van der Waals surface area contributed by atoms with Crippen LogP contribution in [-0.2, 0) is 7.05 Å². The van der Waals surface area contributed by atoms with Crippen LogP contribution < -0.4 is 0 Å². The normalized spacial score (nSPS) is 11.2. The zero-order valence-electron chi connectivity index (χ0n) is 12.3. The van der Waals surface area contributed by atoms with Crippen molar-refractivity contribution in [2.75, 3.05) is 0 Å². The lowest BCUT2D eigenvalue weighted by atomic mass is 10.0. The van der Waals surface area contributed by atoms with Crippen molar-refractivity contribution < 1.29 is 0 Å². The zero-order chi connectivity index (χ0) is 15.1. The molecule has 4 rings (SSSR count). The molecule has 0 bridgehead atoms. The number of rotatable bonds is 2. The first-order valence-corrected chi connectivity index (χ1v) is 6.97. The van der Waals surface area contributed by atoms with Crippen LogP contribution in [0.4, 0.5) is 0 Å². The second kappa shape index (κ2) is 4.77. The Morgan fingerprint density at radius 3 is 2.55 bits per heavy atom. The maximum Gasteiger partial charge on any atom is 0.140 e. The van der Waals surface area contributed by atoms with Gasteiger partial charge in [0.15, 0.2) is 0 Å². The van der Waals surface area contributed by atoms with Gasteiger partial charge < -0.3 is 4.57 Å². The standard InChI is InChI=1S/C16H14N6/c1-11-12(3-4-15(20-11)22-9-18-19-10-22)13-5-7-17-16-14(13)6-8-21(16)2/h3-10H,1-2H3. The van der Waals surface area contributed by atoms with E-state index >= 15 is 0 Å². The van der Waals surface area contributed by atoms with E-state index in [1.54, 1.807) is 17.2 Å². The van der Waals surface area contributed by atoms with Crippen molar-refractivity contribution in [1.29, 1.82) is 0 Å². The molecule has 0 spiro atoms. The van der Waals surface area contributed by atoms with E-state index in [0.29, 0.717) is 0 Å². The van der Waals surface area contributed by atoms with Gasteiger partial charge in [0.05, 0.1) is 0 Å². The number of aryl methyl sites for hydroxylation is 2. The van der Waals surface area contributed by atoms with Crippen LogP contribution in [0, 0.1) is 6.92 Å². The van der Waals surface area contributed by atoms with Gasteiger partial charge in [0.2, 0.25) is 0 Å². The summed E-state index contributed by atoms with van der Waals surface area (Å²) in [7, 11) is 2.00. The summed E-state index contributed by atoms with van der Waals surface area (Å²) in [6.07, 6.45) is 7.15. The average Bonchev–Trinajstić information content (AvgIpc) is 3.18.